The molecular weight excluding hydrogens is 348 g/mol. The molecule has 3 rings (SSSR count). The molecule has 0 aliphatic carbocycles. The standard InChI is InChI=1S/C19H22N4O2S/c1-6-16(19(24)25-5)26-18-17-15(13(4)21-22-18)10-20-23(17)14-8-7-11(2)12(3)9-14/h7-10,16H,6H2,1-5H3/t16-/m0/s1. The van der Waals surface area contributed by atoms with Crippen LogP contribution < -0.4 is 0 Å². The lowest BCUT2D eigenvalue weighted by Crippen LogP contribution is -2.18. The first kappa shape index (κ1) is 18.4. The zero-order chi connectivity index (χ0) is 18.8. The smallest absolute Gasteiger partial charge is 0.319 e. The van der Waals surface area contributed by atoms with E-state index in [1.165, 1.54) is 30.0 Å². The molecule has 136 valence electrons. The van der Waals surface area contributed by atoms with Gasteiger partial charge in [-0.15, -0.1) is 5.10 Å². The van der Waals surface area contributed by atoms with E-state index in [-0.39, 0.29) is 11.2 Å². The fourth-order valence-corrected chi connectivity index (χ4v) is 3.76. The molecule has 2 aromatic heterocycles. The highest BCUT2D eigenvalue weighted by atomic mass is 32.2. The van der Waals surface area contributed by atoms with Crippen molar-refractivity contribution in [1.82, 2.24) is 20.0 Å². The Morgan fingerprint density at radius 2 is 2.00 bits per heavy atom. The zero-order valence-electron chi connectivity index (χ0n) is 15.6. The number of aryl methyl sites for hydroxylation is 3. The molecule has 0 bridgehead atoms. The number of fused-ring (bicyclic) bond motifs is 1. The molecule has 0 N–H and O–H groups in total. The number of thioether (sulfide) groups is 1. The van der Waals surface area contributed by atoms with Crippen LogP contribution in [0, 0.1) is 20.8 Å². The van der Waals surface area contributed by atoms with Crippen molar-refractivity contribution in [2.24, 2.45) is 0 Å². The van der Waals surface area contributed by atoms with Gasteiger partial charge in [-0.3, -0.25) is 4.79 Å². The van der Waals surface area contributed by atoms with Gasteiger partial charge in [-0.1, -0.05) is 24.8 Å². The third kappa shape index (κ3) is 3.31. The number of aromatic nitrogens is 4. The van der Waals surface area contributed by atoms with Gasteiger partial charge in [0.15, 0.2) is 0 Å². The van der Waals surface area contributed by atoms with Gasteiger partial charge in [-0.2, -0.15) is 10.2 Å². The average molecular weight is 370 g/mol. The molecule has 0 saturated carbocycles. The van der Waals surface area contributed by atoms with Gasteiger partial charge in [0.1, 0.15) is 15.8 Å². The summed E-state index contributed by atoms with van der Waals surface area (Å²) in [4.78, 5) is 12.0. The maximum absolute atomic E-state index is 12.0. The van der Waals surface area contributed by atoms with E-state index in [4.69, 9.17) is 4.74 Å². The predicted molar refractivity (Wildman–Crippen MR) is 103 cm³/mol. The number of carbonyl (C=O) groups is 1. The lowest BCUT2D eigenvalue weighted by atomic mass is 10.1. The molecule has 0 saturated heterocycles. The first-order valence-electron chi connectivity index (χ1n) is 8.49. The van der Waals surface area contributed by atoms with Crippen LogP contribution in [0.5, 0.6) is 0 Å². The maximum Gasteiger partial charge on any atom is 0.319 e. The monoisotopic (exact) mass is 370 g/mol. The maximum atomic E-state index is 12.0. The number of methoxy groups -OCH3 is 1. The summed E-state index contributed by atoms with van der Waals surface area (Å²) in [6.45, 7) is 8.02. The van der Waals surface area contributed by atoms with Gasteiger partial charge < -0.3 is 4.74 Å². The molecule has 0 radical (unpaired) electrons. The van der Waals surface area contributed by atoms with Crippen LogP contribution in [0.1, 0.15) is 30.2 Å². The highest BCUT2D eigenvalue weighted by Gasteiger charge is 2.23. The Kier molecular flexibility index (Phi) is 5.27. The van der Waals surface area contributed by atoms with E-state index < -0.39 is 0 Å². The molecule has 0 unspecified atom stereocenters. The summed E-state index contributed by atoms with van der Waals surface area (Å²) >= 11 is 1.37. The van der Waals surface area contributed by atoms with Crippen LogP contribution in [0.2, 0.25) is 0 Å². The van der Waals surface area contributed by atoms with Crippen molar-refractivity contribution in [2.45, 2.75) is 44.4 Å². The van der Waals surface area contributed by atoms with Gasteiger partial charge in [0.05, 0.1) is 24.7 Å². The van der Waals surface area contributed by atoms with Gasteiger partial charge in [0, 0.05) is 5.39 Å². The van der Waals surface area contributed by atoms with E-state index in [1.54, 1.807) is 6.20 Å². The summed E-state index contributed by atoms with van der Waals surface area (Å²) in [5.41, 5.74) is 5.06. The second-order valence-electron chi connectivity index (χ2n) is 6.22. The number of esters is 1. The quantitative estimate of drug-likeness (QED) is 0.503. The Morgan fingerprint density at radius 3 is 2.65 bits per heavy atom. The molecule has 2 heterocycles. The number of nitrogens with zero attached hydrogens (tertiary/aromatic N) is 4. The number of rotatable bonds is 5. The minimum absolute atomic E-state index is 0.259. The summed E-state index contributed by atoms with van der Waals surface area (Å²) in [5, 5.41) is 14.4. The summed E-state index contributed by atoms with van der Waals surface area (Å²) in [6, 6.07) is 6.22. The zero-order valence-corrected chi connectivity index (χ0v) is 16.4. The summed E-state index contributed by atoms with van der Waals surface area (Å²) in [5.74, 6) is -0.259. The molecule has 6 nitrogen and oxygen atoms in total. The molecule has 1 atom stereocenters. The Hall–Kier alpha value is -2.41. The van der Waals surface area contributed by atoms with E-state index in [2.05, 4.69) is 41.3 Å². The second kappa shape index (κ2) is 7.45. The molecule has 0 amide bonds. The normalized spacial score (nSPS) is 12.3. The highest BCUT2D eigenvalue weighted by molar-refractivity contribution is 8.00. The molecule has 0 aliphatic heterocycles. The Balaban J connectivity index is 2.15. The third-order valence-corrected chi connectivity index (χ3v) is 5.78. The van der Waals surface area contributed by atoms with Crippen molar-refractivity contribution >= 4 is 28.6 Å². The van der Waals surface area contributed by atoms with E-state index >= 15 is 0 Å². The topological polar surface area (TPSA) is 69.9 Å². The van der Waals surface area contributed by atoms with E-state index in [9.17, 15) is 4.79 Å². The number of hydrogen-bond donors (Lipinski definition) is 0. The van der Waals surface area contributed by atoms with Gasteiger partial charge in [0.25, 0.3) is 0 Å². The molecule has 0 fully saturated rings. The molecular formula is C19H22N4O2S. The van der Waals surface area contributed by atoms with Crippen molar-refractivity contribution in [2.75, 3.05) is 7.11 Å². The van der Waals surface area contributed by atoms with Gasteiger partial charge in [-0.25, -0.2) is 4.68 Å². The van der Waals surface area contributed by atoms with Crippen LogP contribution in [0.4, 0.5) is 0 Å². The molecule has 0 spiro atoms. The fourth-order valence-electron chi connectivity index (χ4n) is 2.74. The van der Waals surface area contributed by atoms with Crippen molar-refractivity contribution in [3.05, 3.63) is 41.2 Å². The first-order chi connectivity index (χ1) is 12.5. The van der Waals surface area contributed by atoms with Gasteiger partial charge in [0.2, 0.25) is 0 Å². The second-order valence-corrected chi connectivity index (χ2v) is 7.41. The number of hydrogen-bond acceptors (Lipinski definition) is 6. The number of ether oxygens (including phenoxy) is 1. The van der Waals surface area contributed by atoms with Crippen molar-refractivity contribution in [3.8, 4) is 5.69 Å². The van der Waals surface area contributed by atoms with Crippen molar-refractivity contribution < 1.29 is 9.53 Å². The minimum atomic E-state index is -0.330. The predicted octanol–water partition coefficient (Wildman–Crippen LogP) is 3.78. The molecule has 1 aromatic carbocycles. The summed E-state index contributed by atoms with van der Waals surface area (Å²) in [7, 11) is 1.40. The summed E-state index contributed by atoms with van der Waals surface area (Å²) in [6.07, 6.45) is 2.45. The fraction of sp³-hybridized carbons (Fsp3) is 0.368. The minimum Gasteiger partial charge on any atom is -0.468 e. The SMILES string of the molecule is CC[C@H](Sc1nnc(C)c2cnn(-c3ccc(C)c(C)c3)c12)C(=O)OC. The lowest BCUT2D eigenvalue weighted by molar-refractivity contribution is -0.140. The third-order valence-electron chi connectivity index (χ3n) is 4.48. The van der Waals surface area contributed by atoms with Crippen molar-refractivity contribution in [1.29, 1.82) is 0 Å². The molecule has 7 heteroatoms. The molecule has 3 aromatic rings. The van der Waals surface area contributed by atoms with Crippen LogP contribution in [0.25, 0.3) is 16.6 Å². The number of benzene rings is 1. The Morgan fingerprint density at radius 1 is 1.23 bits per heavy atom. The van der Waals surface area contributed by atoms with Gasteiger partial charge in [-0.05, 0) is 50.5 Å². The van der Waals surface area contributed by atoms with Crippen LogP contribution in [0.15, 0.2) is 29.4 Å². The van der Waals surface area contributed by atoms with Crippen LogP contribution in [-0.2, 0) is 9.53 Å². The van der Waals surface area contributed by atoms with Gasteiger partial charge >= 0.3 is 5.97 Å². The first-order valence-corrected chi connectivity index (χ1v) is 9.37. The van der Waals surface area contributed by atoms with Crippen LogP contribution in [-0.4, -0.2) is 38.3 Å². The van der Waals surface area contributed by atoms with E-state index in [1.807, 2.05) is 24.6 Å². The molecule has 0 aliphatic rings. The number of carbonyl (C=O) groups excluding carboxylic acids is 1. The van der Waals surface area contributed by atoms with Crippen LogP contribution >= 0.6 is 11.8 Å². The van der Waals surface area contributed by atoms with Crippen LogP contribution in [0.3, 0.4) is 0 Å². The average Bonchev–Trinajstić information content (AvgIpc) is 3.09. The van der Waals surface area contributed by atoms with E-state index in [0.717, 1.165) is 22.3 Å². The Labute approximate surface area is 157 Å². The van der Waals surface area contributed by atoms with Crippen molar-refractivity contribution in [3.63, 3.8) is 0 Å². The highest BCUT2D eigenvalue weighted by Crippen LogP contribution is 2.32. The summed E-state index contributed by atoms with van der Waals surface area (Å²) < 4.78 is 6.78. The Bertz CT molecular complexity index is 968. The lowest BCUT2D eigenvalue weighted by Gasteiger charge is -2.13. The molecule has 26 heavy (non-hydrogen) atoms. The largest absolute Gasteiger partial charge is 0.468 e. The van der Waals surface area contributed by atoms with E-state index in [0.29, 0.717) is 11.4 Å².